The lowest BCUT2D eigenvalue weighted by atomic mass is 10.1. The molecule has 0 radical (unpaired) electrons. The van der Waals surface area contributed by atoms with Gasteiger partial charge in [-0.2, -0.15) is 0 Å². The van der Waals surface area contributed by atoms with Crippen LogP contribution in [-0.4, -0.2) is 33.7 Å². The molecule has 4 nitrogen and oxygen atoms in total. The van der Waals surface area contributed by atoms with Gasteiger partial charge in [-0.1, -0.05) is 24.3 Å². The summed E-state index contributed by atoms with van der Waals surface area (Å²) in [6.07, 6.45) is 0. The number of Topliss-reactive ketones (excluding diaryl/α,β-unsaturated/α-hetero) is 1. The van der Waals surface area contributed by atoms with E-state index in [2.05, 4.69) is 4.74 Å². The van der Waals surface area contributed by atoms with Crippen molar-refractivity contribution in [3.05, 3.63) is 35.4 Å². The normalized spacial score (nSPS) is 11.4. The van der Waals surface area contributed by atoms with Crippen molar-refractivity contribution in [2.45, 2.75) is 12.7 Å². The number of hydrogen-bond donors (Lipinski definition) is 0. The maximum atomic E-state index is 11.8. The van der Waals surface area contributed by atoms with E-state index in [-0.39, 0.29) is 12.4 Å². The van der Waals surface area contributed by atoms with Crippen LogP contribution in [-0.2, 0) is 25.1 Å². The van der Waals surface area contributed by atoms with Gasteiger partial charge in [-0.15, -0.1) is 0 Å². The van der Waals surface area contributed by atoms with E-state index >= 15 is 0 Å². The fourth-order valence-corrected chi connectivity index (χ4v) is 2.98. The molecule has 0 spiro atoms. The molecule has 0 saturated heterocycles. The summed E-state index contributed by atoms with van der Waals surface area (Å²) in [6.45, 7) is 1.69. The van der Waals surface area contributed by atoms with Crippen molar-refractivity contribution in [1.29, 1.82) is 0 Å². The van der Waals surface area contributed by atoms with Crippen molar-refractivity contribution in [1.82, 2.24) is 0 Å². The first-order chi connectivity index (χ1) is 7.94. The summed E-state index contributed by atoms with van der Waals surface area (Å²) in [5, 5.41) is 0. The number of ether oxygens (including phenoxy) is 1. The second-order valence-electron chi connectivity index (χ2n) is 3.93. The van der Waals surface area contributed by atoms with Crippen LogP contribution >= 0.6 is 0 Å². The molecule has 0 heterocycles. The number of sulfone groups is 1. The van der Waals surface area contributed by atoms with E-state index in [4.69, 9.17) is 0 Å². The van der Waals surface area contributed by atoms with Crippen LogP contribution in [0.15, 0.2) is 24.3 Å². The van der Waals surface area contributed by atoms with E-state index < -0.39 is 21.4 Å². The molecule has 1 aromatic carbocycles. The van der Waals surface area contributed by atoms with Crippen molar-refractivity contribution in [3.8, 4) is 0 Å². The highest BCUT2D eigenvalue weighted by Gasteiger charge is 2.17. The third-order valence-corrected chi connectivity index (χ3v) is 3.84. The number of methoxy groups -OCH3 is 1. The number of hydrogen-bond acceptors (Lipinski definition) is 4. The lowest BCUT2D eigenvalue weighted by molar-refractivity contribution is -0.120. The van der Waals surface area contributed by atoms with Gasteiger partial charge in [0, 0.05) is 7.11 Å². The largest absolute Gasteiger partial charge is 0.377 e. The number of rotatable bonds is 6. The molecule has 0 aliphatic carbocycles. The fourth-order valence-electron chi connectivity index (χ4n) is 1.51. The third-order valence-electron chi connectivity index (χ3n) is 2.32. The first kappa shape index (κ1) is 13.9. The minimum absolute atomic E-state index is 0.102. The Morgan fingerprint density at radius 3 is 2.53 bits per heavy atom. The Morgan fingerprint density at radius 2 is 1.94 bits per heavy atom. The Labute approximate surface area is 102 Å². The molecule has 0 fully saturated rings. The number of benzene rings is 1. The molecule has 0 aromatic heterocycles. The SMILES string of the molecule is COCC(=O)CS(=O)(=O)Cc1ccccc1C. The molecular weight excluding hydrogens is 240 g/mol. The van der Waals surface area contributed by atoms with Gasteiger partial charge < -0.3 is 4.74 Å². The van der Waals surface area contributed by atoms with Crippen molar-refractivity contribution in [2.75, 3.05) is 19.5 Å². The van der Waals surface area contributed by atoms with Gasteiger partial charge in [0.2, 0.25) is 0 Å². The molecule has 0 aliphatic rings. The van der Waals surface area contributed by atoms with Crippen LogP contribution in [0.25, 0.3) is 0 Å². The monoisotopic (exact) mass is 256 g/mol. The predicted molar refractivity (Wildman–Crippen MR) is 65.6 cm³/mol. The molecule has 94 valence electrons. The minimum Gasteiger partial charge on any atom is -0.377 e. The van der Waals surface area contributed by atoms with E-state index in [0.717, 1.165) is 11.1 Å². The molecule has 5 heteroatoms. The maximum absolute atomic E-state index is 11.8. The zero-order valence-corrected chi connectivity index (χ0v) is 10.8. The predicted octanol–water partition coefficient (Wildman–Crippen LogP) is 1.13. The highest BCUT2D eigenvalue weighted by atomic mass is 32.2. The Bertz CT molecular complexity index is 491. The summed E-state index contributed by atoms with van der Waals surface area (Å²) in [7, 11) is -2.04. The number of carbonyl (C=O) groups excluding carboxylic acids is 1. The third kappa shape index (κ3) is 4.66. The highest BCUT2D eigenvalue weighted by molar-refractivity contribution is 7.91. The first-order valence-electron chi connectivity index (χ1n) is 5.20. The maximum Gasteiger partial charge on any atom is 0.173 e. The first-order valence-corrected chi connectivity index (χ1v) is 7.02. The molecule has 0 saturated carbocycles. The van der Waals surface area contributed by atoms with E-state index in [1.807, 2.05) is 19.1 Å². The zero-order chi connectivity index (χ0) is 12.9. The van der Waals surface area contributed by atoms with E-state index in [0.29, 0.717) is 0 Å². The molecule has 0 amide bonds. The summed E-state index contributed by atoms with van der Waals surface area (Å²) in [4.78, 5) is 11.2. The zero-order valence-electron chi connectivity index (χ0n) is 9.97. The molecule has 0 aliphatic heterocycles. The van der Waals surface area contributed by atoms with Gasteiger partial charge in [0.05, 0.1) is 5.75 Å². The van der Waals surface area contributed by atoms with Gasteiger partial charge in [0.25, 0.3) is 0 Å². The molecule has 1 aromatic rings. The van der Waals surface area contributed by atoms with Gasteiger partial charge in [0.15, 0.2) is 15.6 Å². The standard InChI is InChI=1S/C12H16O4S/c1-10-5-3-4-6-11(10)8-17(14,15)9-12(13)7-16-2/h3-6H,7-9H2,1-2H3. The van der Waals surface area contributed by atoms with E-state index in [9.17, 15) is 13.2 Å². The summed E-state index contributed by atoms with van der Waals surface area (Å²) in [6, 6.07) is 7.24. The molecule has 0 bridgehead atoms. The van der Waals surface area contributed by atoms with Crippen LogP contribution in [0.4, 0.5) is 0 Å². The quantitative estimate of drug-likeness (QED) is 0.765. The summed E-state index contributed by atoms with van der Waals surface area (Å²) < 4.78 is 28.1. The lowest BCUT2D eigenvalue weighted by Crippen LogP contribution is -2.21. The Balaban J connectivity index is 2.74. The van der Waals surface area contributed by atoms with Crippen LogP contribution in [0.2, 0.25) is 0 Å². The summed E-state index contributed by atoms with van der Waals surface area (Å²) >= 11 is 0. The van der Waals surface area contributed by atoms with Gasteiger partial charge in [0.1, 0.15) is 12.4 Å². The van der Waals surface area contributed by atoms with Crippen LogP contribution in [0.3, 0.4) is 0 Å². The van der Waals surface area contributed by atoms with Crippen LogP contribution < -0.4 is 0 Å². The Morgan fingerprint density at radius 1 is 1.29 bits per heavy atom. The van der Waals surface area contributed by atoms with Crippen LogP contribution in [0.1, 0.15) is 11.1 Å². The Kier molecular flexibility index (Phi) is 4.84. The fraction of sp³-hybridized carbons (Fsp3) is 0.417. The second-order valence-corrected chi connectivity index (χ2v) is 5.99. The van der Waals surface area contributed by atoms with Crippen molar-refractivity contribution in [2.24, 2.45) is 0 Å². The average molecular weight is 256 g/mol. The number of ketones is 1. The smallest absolute Gasteiger partial charge is 0.173 e. The van der Waals surface area contributed by atoms with Crippen molar-refractivity contribution >= 4 is 15.6 Å². The van der Waals surface area contributed by atoms with E-state index in [1.165, 1.54) is 7.11 Å². The molecule has 1 rings (SSSR count). The van der Waals surface area contributed by atoms with Gasteiger partial charge in [-0.25, -0.2) is 8.42 Å². The molecule has 17 heavy (non-hydrogen) atoms. The Hall–Kier alpha value is -1.20. The number of carbonyl (C=O) groups is 1. The molecule has 0 atom stereocenters. The average Bonchev–Trinajstić information content (AvgIpc) is 2.20. The summed E-state index contributed by atoms with van der Waals surface area (Å²) in [5.41, 5.74) is 1.65. The lowest BCUT2D eigenvalue weighted by Gasteiger charge is -2.06. The van der Waals surface area contributed by atoms with Crippen LogP contribution in [0.5, 0.6) is 0 Å². The molecule has 0 unspecified atom stereocenters. The van der Waals surface area contributed by atoms with Gasteiger partial charge in [-0.05, 0) is 18.1 Å². The minimum atomic E-state index is -3.41. The number of aryl methyl sites for hydroxylation is 1. The van der Waals surface area contributed by atoms with Crippen LogP contribution in [0, 0.1) is 6.92 Å². The van der Waals surface area contributed by atoms with Gasteiger partial charge in [-0.3, -0.25) is 4.79 Å². The topological polar surface area (TPSA) is 60.4 Å². The van der Waals surface area contributed by atoms with Crippen molar-refractivity contribution in [3.63, 3.8) is 0 Å². The van der Waals surface area contributed by atoms with Gasteiger partial charge >= 0.3 is 0 Å². The highest BCUT2D eigenvalue weighted by Crippen LogP contribution is 2.11. The van der Waals surface area contributed by atoms with Crippen molar-refractivity contribution < 1.29 is 17.9 Å². The molecule has 0 N–H and O–H groups in total. The van der Waals surface area contributed by atoms with E-state index in [1.54, 1.807) is 12.1 Å². The molecular formula is C12H16O4S. The second kappa shape index (κ2) is 5.93. The summed E-state index contributed by atoms with van der Waals surface area (Å²) in [5.74, 6) is -0.981.